The molecule has 0 spiro atoms. The lowest BCUT2D eigenvalue weighted by Crippen LogP contribution is -2.32. The van der Waals surface area contributed by atoms with Gasteiger partial charge in [0.1, 0.15) is 11.3 Å². The molecule has 1 aliphatic rings. The summed E-state index contributed by atoms with van der Waals surface area (Å²) in [7, 11) is 0. The Balaban J connectivity index is 1.71. The minimum Gasteiger partial charge on any atom is -0.426 e. The molecule has 0 atom stereocenters. The number of ether oxygens (including phenoxy) is 1. The van der Waals surface area contributed by atoms with Crippen LogP contribution in [-0.2, 0) is 4.79 Å². The van der Waals surface area contributed by atoms with E-state index in [0.29, 0.717) is 16.3 Å². The average molecular weight is 389 g/mol. The Hall–Kier alpha value is -3.26. The first-order chi connectivity index (χ1) is 12.8. The molecule has 0 aromatic heterocycles. The number of aryl methyl sites for hydroxylation is 1. The monoisotopic (exact) mass is 388 g/mol. The van der Waals surface area contributed by atoms with Crippen LogP contribution in [0.2, 0.25) is 5.02 Å². The molecule has 8 nitrogen and oxygen atoms in total. The number of nitrogens with zero attached hydrogens (tertiary/aromatic N) is 2. The van der Waals surface area contributed by atoms with E-state index >= 15 is 0 Å². The van der Waals surface area contributed by atoms with Crippen LogP contribution in [0.15, 0.2) is 36.4 Å². The molecule has 0 N–H and O–H groups in total. The lowest BCUT2D eigenvalue weighted by Gasteiger charge is -2.13. The van der Waals surface area contributed by atoms with Gasteiger partial charge in [-0.25, -0.2) is 0 Å². The molecule has 2 aromatic rings. The molecule has 0 saturated heterocycles. The Morgan fingerprint density at radius 2 is 1.96 bits per heavy atom. The molecule has 0 aliphatic carbocycles. The van der Waals surface area contributed by atoms with Crippen molar-refractivity contribution >= 4 is 35.1 Å². The van der Waals surface area contributed by atoms with Crippen LogP contribution in [-0.4, -0.2) is 34.2 Å². The van der Waals surface area contributed by atoms with E-state index in [9.17, 15) is 24.5 Å². The largest absolute Gasteiger partial charge is 0.426 e. The third-order valence-electron chi connectivity index (χ3n) is 4.07. The van der Waals surface area contributed by atoms with Gasteiger partial charge < -0.3 is 4.74 Å². The number of carbonyl (C=O) groups is 3. The number of imide groups is 1. The molecule has 0 saturated carbocycles. The summed E-state index contributed by atoms with van der Waals surface area (Å²) in [6.45, 7) is 1.48. The standard InChI is InChI=1S/C18H13ClN2O6/c1-10-9-11(19)5-6-14(10)27-15(22)7-8-20-17(23)12-3-2-4-13(21(25)26)16(12)18(20)24/h2-6,9H,7-8H2,1H3. The van der Waals surface area contributed by atoms with Crippen molar-refractivity contribution in [2.45, 2.75) is 13.3 Å². The number of carbonyl (C=O) groups excluding carboxylic acids is 3. The summed E-state index contributed by atoms with van der Waals surface area (Å²) in [5.74, 6) is -1.79. The highest BCUT2D eigenvalue weighted by Crippen LogP contribution is 2.30. The first-order valence-electron chi connectivity index (χ1n) is 7.90. The molecule has 9 heteroatoms. The molecule has 0 radical (unpaired) electrons. The summed E-state index contributed by atoms with van der Waals surface area (Å²) in [5.41, 5.74) is -0.0783. The predicted molar refractivity (Wildman–Crippen MR) is 94.9 cm³/mol. The number of rotatable bonds is 5. The minimum atomic E-state index is -0.794. The molecule has 2 aromatic carbocycles. The highest BCUT2D eigenvalue weighted by Gasteiger charge is 2.40. The van der Waals surface area contributed by atoms with Gasteiger partial charge in [-0.05, 0) is 36.8 Å². The van der Waals surface area contributed by atoms with Crippen molar-refractivity contribution in [2.24, 2.45) is 0 Å². The minimum absolute atomic E-state index is 0.0453. The maximum Gasteiger partial charge on any atom is 0.313 e. The zero-order valence-corrected chi connectivity index (χ0v) is 14.9. The van der Waals surface area contributed by atoms with Crippen molar-refractivity contribution < 1.29 is 24.0 Å². The Kier molecular flexibility index (Phi) is 4.91. The van der Waals surface area contributed by atoms with Crippen LogP contribution in [0.1, 0.15) is 32.7 Å². The first kappa shape index (κ1) is 18.5. The Morgan fingerprint density at radius 3 is 2.63 bits per heavy atom. The summed E-state index contributed by atoms with van der Waals surface area (Å²) in [4.78, 5) is 48.0. The van der Waals surface area contributed by atoms with E-state index in [0.717, 1.165) is 11.0 Å². The van der Waals surface area contributed by atoms with E-state index in [1.165, 1.54) is 12.1 Å². The fourth-order valence-corrected chi connectivity index (χ4v) is 3.00. The molecule has 1 heterocycles. The van der Waals surface area contributed by atoms with Gasteiger partial charge in [0, 0.05) is 17.6 Å². The smallest absolute Gasteiger partial charge is 0.313 e. The molecule has 3 rings (SSSR count). The predicted octanol–water partition coefficient (Wildman–Crippen LogP) is 3.15. The normalized spacial score (nSPS) is 12.9. The summed E-state index contributed by atoms with van der Waals surface area (Å²) in [6.07, 6.45) is -0.249. The number of nitro benzene ring substituents is 1. The number of hydrogen-bond acceptors (Lipinski definition) is 6. The molecule has 0 bridgehead atoms. The van der Waals surface area contributed by atoms with E-state index in [-0.39, 0.29) is 24.1 Å². The fraction of sp³-hybridized carbons (Fsp3) is 0.167. The molecule has 27 heavy (non-hydrogen) atoms. The first-order valence-corrected chi connectivity index (χ1v) is 8.28. The van der Waals surface area contributed by atoms with Crippen molar-refractivity contribution in [3.63, 3.8) is 0 Å². The molecule has 138 valence electrons. The summed E-state index contributed by atoms with van der Waals surface area (Å²) >= 11 is 5.84. The number of esters is 1. The van der Waals surface area contributed by atoms with Gasteiger partial charge in [-0.1, -0.05) is 17.7 Å². The van der Waals surface area contributed by atoms with E-state index in [1.54, 1.807) is 25.1 Å². The molecular weight excluding hydrogens is 376 g/mol. The maximum absolute atomic E-state index is 12.4. The number of hydrogen-bond donors (Lipinski definition) is 0. The highest BCUT2D eigenvalue weighted by atomic mass is 35.5. The van der Waals surface area contributed by atoms with Crippen molar-refractivity contribution in [2.75, 3.05) is 6.54 Å². The van der Waals surface area contributed by atoms with Gasteiger partial charge in [0.05, 0.1) is 16.9 Å². The van der Waals surface area contributed by atoms with Crippen molar-refractivity contribution in [3.8, 4) is 5.75 Å². The molecule has 0 fully saturated rings. The fourth-order valence-electron chi connectivity index (χ4n) is 2.78. The summed E-state index contributed by atoms with van der Waals surface area (Å²) in [5, 5.41) is 11.6. The van der Waals surface area contributed by atoms with Crippen LogP contribution in [0, 0.1) is 17.0 Å². The van der Waals surface area contributed by atoms with Crippen LogP contribution in [0.3, 0.4) is 0 Å². The lowest BCUT2D eigenvalue weighted by atomic mass is 10.1. The van der Waals surface area contributed by atoms with Crippen LogP contribution < -0.4 is 4.74 Å². The Bertz CT molecular complexity index is 988. The van der Waals surface area contributed by atoms with E-state index in [4.69, 9.17) is 16.3 Å². The summed E-state index contributed by atoms with van der Waals surface area (Å²) < 4.78 is 5.21. The van der Waals surface area contributed by atoms with Gasteiger partial charge in [0.25, 0.3) is 17.5 Å². The topological polar surface area (TPSA) is 107 Å². The van der Waals surface area contributed by atoms with Crippen LogP contribution >= 0.6 is 11.6 Å². The van der Waals surface area contributed by atoms with E-state index in [2.05, 4.69) is 0 Å². The van der Waals surface area contributed by atoms with E-state index < -0.39 is 28.4 Å². The van der Waals surface area contributed by atoms with Gasteiger partial charge in [-0.3, -0.25) is 29.4 Å². The third-order valence-corrected chi connectivity index (χ3v) is 4.31. The number of amides is 2. The number of nitro groups is 1. The van der Waals surface area contributed by atoms with Crippen molar-refractivity contribution in [1.82, 2.24) is 4.90 Å². The zero-order chi connectivity index (χ0) is 19.7. The van der Waals surface area contributed by atoms with Gasteiger partial charge in [-0.2, -0.15) is 0 Å². The number of benzene rings is 2. The number of halogens is 1. The van der Waals surface area contributed by atoms with Gasteiger partial charge in [0.15, 0.2) is 0 Å². The van der Waals surface area contributed by atoms with Crippen molar-refractivity contribution in [3.05, 3.63) is 68.2 Å². The average Bonchev–Trinajstić information content (AvgIpc) is 2.86. The second-order valence-corrected chi connectivity index (χ2v) is 6.29. The van der Waals surface area contributed by atoms with Crippen LogP contribution in [0.25, 0.3) is 0 Å². The van der Waals surface area contributed by atoms with E-state index in [1.807, 2.05) is 0 Å². The maximum atomic E-state index is 12.4. The molecule has 1 aliphatic heterocycles. The van der Waals surface area contributed by atoms with Gasteiger partial charge in [0.2, 0.25) is 0 Å². The summed E-state index contributed by atoms with van der Waals surface area (Å²) in [6, 6.07) is 8.58. The van der Waals surface area contributed by atoms with Gasteiger partial charge >= 0.3 is 5.97 Å². The molecule has 2 amide bonds. The van der Waals surface area contributed by atoms with Crippen molar-refractivity contribution in [1.29, 1.82) is 0 Å². The number of fused-ring (bicyclic) bond motifs is 1. The van der Waals surface area contributed by atoms with Crippen LogP contribution in [0.5, 0.6) is 5.75 Å². The zero-order valence-electron chi connectivity index (χ0n) is 14.1. The molecule has 0 unspecified atom stereocenters. The van der Waals surface area contributed by atoms with Crippen LogP contribution in [0.4, 0.5) is 5.69 Å². The second-order valence-electron chi connectivity index (χ2n) is 5.85. The SMILES string of the molecule is Cc1cc(Cl)ccc1OC(=O)CCN1C(=O)c2cccc([N+](=O)[O-])c2C1=O. The Morgan fingerprint density at radius 1 is 1.22 bits per heavy atom. The quantitative estimate of drug-likeness (QED) is 0.256. The highest BCUT2D eigenvalue weighted by molar-refractivity contribution is 6.30. The Labute approximate surface area is 158 Å². The third kappa shape index (κ3) is 3.52. The molecular formula is C18H13ClN2O6. The second kappa shape index (κ2) is 7.16. The van der Waals surface area contributed by atoms with Gasteiger partial charge in [-0.15, -0.1) is 0 Å². The lowest BCUT2D eigenvalue weighted by molar-refractivity contribution is -0.385.